The molecule has 1 saturated heterocycles. The van der Waals surface area contributed by atoms with E-state index in [0.29, 0.717) is 0 Å². The molecule has 0 spiro atoms. The Morgan fingerprint density at radius 1 is 1.33 bits per heavy atom. The number of amides is 1. The van der Waals surface area contributed by atoms with Crippen LogP contribution < -0.4 is 4.72 Å². The maximum Gasteiger partial charge on any atom is 0.274 e. The molecule has 1 amide bonds. The Labute approximate surface area is 139 Å². The summed E-state index contributed by atoms with van der Waals surface area (Å²) < 4.78 is 34.3. The van der Waals surface area contributed by atoms with Gasteiger partial charge in [-0.1, -0.05) is 0 Å². The van der Waals surface area contributed by atoms with E-state index in [1.165, 1.54) is 18.4 Å². The van der Waals surface area contributed by atoms with E-state index in [4.69, 9.17) is 4.42 Å². The minimum absolute atomic E-state index is 0.0316. The van der Waals surface area contributed by atoms with E-state index >= 15 is 0 Å². The van der Waals surface area contributed by atoms with Crippen LogP contribution in [0.1, 0.15) is 31.0 Å². The third kappa shape index (κ3) is 2.53. The smallest absolute Gasteiger partial charge is 0.274 e. The number of sulfonamides is 1. The first-order chi connectivity index (χ1) is 11.5. The standard InChI is InChI=1S/C15H18N4O4S/c1-18-12(6-7-16-18)15-11(9-13(20)19(15)10-4-5-10)17-24(21,22)14-3-2-8-23-14/h2-3,6-8,10-11,15,17H,4-5,9H2,1H3/t11-,15-/m1/s1. The highest BCUT2D eigenvalue weighted by Crippen LogP contribution is 2.42. The van der Waals surface area contributed by atoms with Gasteiger partial charge < -0.3 is 9.32 Å². The fourth-order valence-corrected chi connectivity index (χ4v) is 4.51. The lowest BCUT2D eigenvalue weighted by atomic mass is 10.1. The quantitative estimate of drug-likeness (QED) is 0.860. The van der Waals surface area contributed by atoms with Crippen molar-refractivity contribution in [2.75, 3.05) is 0 Å². The summed E-state index contributed by atoms with van der Waals surface area (Å²) in [6.07, 6.45) is 5.01. The average Bonchev–Trinajstić information content (AvgIpc) is 2.94. The predicted octanol–water partition coefficient (Wildman–Crippen LogP) is 0.796. The van der Waals surface area contributed by atoms with Gasteiger partial charge in [-0.25, -0.2) is 13.1 Å². The topological polar surface area (TPSA) is 97.4 Å². The monoisotopic (exact) mass is 350 g/mol. The number of hydrogen-bond donors (Lipinski definition) is 1. The number of nitrogens with one attached hydrogen (secondary N) is 1. The Morgan fingerprint density at radius 2 is 2.12 bits per heavy atom. The number of aryl methyl sites for hydroxylation is 1. The van der Waals surface area contributed by atoms with E-state index in [2.05, 4.69) is 9.82 Å². The van der Waals surface area contributed by atoms with Gasteiger partial charge in [-0.3, -0.25) is 9.48 Å². The summed E-state index contributed by atoms with van der Waals surface area (Å²) in [7, 11) is -2.02. The van der Waals surface area contributed by atoms with Crippen molar-refractivity contribution >= 4 is 15.9 Å². The van der Waals surface area contributed by atoms with Crippen LogP contribution in [0.3, 0.4) is 0 Å². The van der Waals surface area contributed by atoms with Crippen LogP contribution in [0.5, 0.6) is 0 Å². The van der Waals surface area contributed by atoms with Gasteiger partial charge in [0, 0.05) is 25.7 Å². The summed E-state index contributed by atoms with van der Waals surface area (Å²) in [6, 6.07) is 4.01. The number of nitrogens with zero attached hydrogens (tertiary/aromatic N) is 3. The van der Waals surface area contributed by atoms with Crippen molar-refractivity contribution in [2.45, 2.75) is 42.5 Å². The first-order valence-corrected chi connectivity index (χ1v) is 9.30. The van der Waals surface area contributed by atoms with Crippen molar-refractivity contribution in [3.63, 3.8) is 0 Å². The second kappa shape index (κ2) is 5.45. The van der Waals surface area contributed by atoms with Crippen LogP contribution in [-0.4, -0.2) is 41.1 Å². The molecule has 0 radical (unpaired) electrons. The van der Waals surface area contributed by atoms with Crippen LogP contribution >= 0.6 is 0 Å². The summed E-state index contributed by atoms with van der Waals surface area (Å²) in [5.41, 5.74) is 0.819. The highest BCUT2D eigenvalue weighted by molar-refractivity contribution is 7.89. The molecule has 1 aliphatic heterocycles. The Kier molecular flexibility index (Phi) is 3.50. The zero-order chi connectivity index (χ0) is 16.9. The molecule has 128 valence electrons. The molecule has 2 aliphatic rings. The highest BCUT2D eigenvalue weighted by atomic mass is 32.2. The molecule has 9 heteroatoms. The molecule has 2 atom stereocenters. The molecule has 2 fully saturated rings. The van der Waals surface area contributed by atoms with Crippen LogP contribution in [0.15, 0.2) is 40.2 Å². The lowest BCUT2D eigenvalue weighted by Crippen LogP contribution is -2.41. The molecule has 1 N–H and O–H groups in total. The second-order valence-corrected chi connectivity index (χ2v) is 7.87. The van der Waals surface area contributed by atoms with Crippen LogP contribution in [-0.2, 0) is 21.9 Å². The lowest BCUT2D eigenvalue weighted by Gasteiger charge is -2.28. The highest BCUT2D eigenvalue weighted by Gasteiger charge is 2.49. The predicted molar refractivity (Wildman–Crippen MR) is 83.3 cm³/mol. The number of aromatic nitrogens is 2. The van der Waals surface area contributed by atoms with Gasteiger partial charge >= 0.3 is 0 Å². The van der Waals surface area contributed by atoms with Gasteiger partial charge in [0.05, 0.1) is 24.0 Å². The van der Waals surface area contributed by atoms with Gasteiger partial charge in [0.1, 0.15) is 0 Å². The summed E-state index contributed by atoms with van der Waals surface area (Å²) in [5.74, 6) is -0.0316. The molecular weight excluding hydrogens is 332 g/mol. The molecular formula is C15H18N4O4S. The molecule has 4 rings (SSSR count). The third-order valence-corrected chi connectivity index (χ3v) is 5.91. The maximum atomic E-state index is 12.5. The number of hydrogen-bond acceptors (Lipinski definition) is 5. The Balaban J connectivity index is 1.68. The normalized spacial score (nSPS) is 24.7. The second-order valence-electron chi connectivity index (χ2n) is 6.22. The van der Waals surface area contributed by atoms with E-state index < -0.39 is 16.1 Å². The van der Waals surface area contributed by atoms with E-state index in [9.17, 15) is 13.2 Å². The van der Waals surface area contributed by atoms with Gasteiger partial charge in [-0.15, -0.1) is 0 Å². The molecule has 8 nitrogen and oxygen atoms in total. The van der Waals surface area contributed by atoms with E-state index in [-0.39, 0.29) is 29.5 Å². The van der Waals surface area contributed by atoms with E-state index in [0.717, 1.165) is 18.5 Å². The Bertz CT molecular complexity index is 854. The van der Waals surface area contributed by atoms with Gasteiger partial charge in [0.2, 0.25) is 11.0 Å². The SMILES string of the molecule is Cn1nccc1[C@H]1[C@H](NS(=O)(=O)c2ccco2)CC(=O)N1C1CC1. The summed E-state index contributed by atoms with van der Waals surface area (Å²) >= 11 is 0. The van der Waals surface area contributed by atoms with Crippen molar-refractivity contribution in [2.24, 2.45) is 7.05 Å². The maximum absolute atomic E-state index is 12.5. The number of likely N-dealkylation sites (tertiary alicyclic amines) is 1. The molecule has 0 aromatic carbocycles. The number of carbonyl (C=O) groups is 1. The summed E-state index contributed by atoms with van der Waals surface area (Å²) in [4.78, 5) is 14.3. The van der Waals surface area contributed by atoms with Crippen molar-refractivity contribution in [1.29, 1.82) is 0 Å². The molecule has 2 aromatic heterocycles. The minimum Gasteiger partial charge on any atom is -0.452 e. The number of furan rings is 1. The fourth-order valence-electron chi connectivity index (χ4n) is 3.34. The van der Waals surface area contributed by atoms with Crippen LogP contribution in [0, 0.1) is 0 Å². The summed E-state index contributed by atoms with van der Waals surface area (Å²) in [5, 5.41) is 4.01. The molecule has 0 bridgehead atoms. The molecule has 1 saturated carbocycles. The average molecular weight is 350 g/mol. The van der Waals surface area contributed by atoms with Gasteiger partial charge in [-0.2, -0.15) is 5.10 Å². The molecule has 24 heavy (non-hydrogen) atoms. The van der Waals surface area contributed by atoms with Crippen molar-refractivity contribution < 1.29 is 17.6 Å². The van der Waals surface area contributed by atoms with Gasteiger partial charge in [0.25, 0.3) is 10.0 Å². The Morgan fingerprint density at radius 3 is 2.71 bits per heavy atom. The van der Waals surface area contributed by atoms with Crippen LogP contribution in [0.4, 0.5) is 0 Å². The van der Waals surface area contributed by atoms with Crippen molar-refractivity contribution in [1.82, 2.24) is 19.4 Å². The van der Waals surface area contributed by atoms with E-state index in [1.54, 1.807) is 17.9 Å². The Hall–Kier alpha value is -2.13. The lowest BCUT2D eigenvalue weighted by molar-refractivity contribution is -0.129. The third-order valence-electron chi connectivity index (χ3n) is 4.53. The zero-order valence-electron chi connectivity index (χ0n) is 13.1. The van der Waals surface area contributed by atoms with Crippen LogP contribution in [0.25, 0.3) is 0 Å². The number of rotatable bonds is 5. The minimum atomic E-state index is -3.81. The van der Waals surface area contributed by atoms with E-state index in [1.807, 2.05) is 11.0 Å². The molecule has 3 heterocycles. The first kappa shape index (κ1) is 15.4. The van der Waals surface area contributed by atoms with Crippen LogP contribution in [0.2, 0.25) is 0 Å². The molecule has 1 aliphatic carbocycles. The van der Waals surface area contributed by atoms with Crippen molar-refractivity contribution in [3.8, 4) is 0 Å². The molecule has 2 aromatic rings. The number of carbonyl (C=O) groups excluding carboxylic acids is 1. The fraction of sp³-hybridized carbons (Fsp3) is 0.467. The first-order valence-electron chi connectivity index (χ1n) is 7.82. The van der Waals surface area contributed by atoms with Gasteiger partial charge in [-0.05, 0) is 31.0 Å². The van der Waals surface area contributed by atoms with Crippen molar-refractivity contribution in [3.05, 3.63) is 36.4 Å². The van der Waals surface area contributed by atoms with Gasteiger partial charge in [0.15, 0.2) is 0 Å². The largest absolute Gasteiger partial charge is 0.452 e. The molecule has 0 unspecified atom stereocenters. The summed E-state index contributed by atoms with van der Waals surface area (Å²) in [6.45, 7) is 0. The zero-order valence-corrected chi connectivity index (χ0v) is 13.9.